The van der Waals surface area contributed by atoms with E-state index in [0.29, 0.717) is 71.0 Å². The molecule has 77 heavy (non-hydrogen) atoms. The van der Waals surface area contributed by atoms with Gasteiger partial charge in [-0.1, -0.05) is 202 Å². The Kier molecular flexibility index (Phi) is 23.4. The number of benzene rings is 2. The van der Waals surface area contributed by atoms with Gasteiger partial charge in [0.25, 0.3) is 0 Å². The normalized spacial score (nSPS) is 30.1. The van der Waals surface area contributed by atoms with Crippen molar-refractivity contribution in [1.29, 1.82) is 0 Å². The monoisotopic (exact) mass is 1120 g/mol. The summed E-state index contributed by atoms with van der Waals surface area (Å²) in [5, 5.41) is 0. The van der Waals surface area contributed by atoms with Gasteiger partial charge in [0.05, 0.1) is 34.2 Å². The molecule has 0 aromatic heterocycles. The smallest absolute Gasteiger partial charge is 0.397 e. The van der Waals surface area contributed by atoms with Gasteiger partial charge in [0.2, 0.25) is 0 Å². The van der Waals surface area contributed by atoms with Gasteiger partial charge in [-0.2, -0.15) is 0 Å². The molecule has 2 aromatic carbocycles. The van der Waals surface area contributed by atoms with Crippen LogP contribution in [-0.4, -0.2) is 24.4 Å². The van der Waals surface area contributed by atoms with Crippen LogP contribution in [0, 0.1) is 81.8 Å². The van der Waals surface area contributed by atoms with Gasteiger partial charge >= 0.3 is 17.2 Å². The summed E-state index contributed by atoms with van der Waals surface area (Å²) in [7, 11) is -3.53. The Balaban J connectivity index is 1.51. The highest BCUT2D eigenvalue weighted by Crippen LogP contribution is 2.57. The minimum absolute atomic E-state index is 0.0790. The summed E-state index contributed by atoms with van der Waals surface area (Å²) in [6, 6.07) is 14.0. The molecule has 4 aliphatic carbocycles. The van der Waals surface area contributed by atoms with Crippen molar-refractivity contribution in [3.8, 4) is 11.5 Å². The molecule has 0 bridgehead atoms. The molecule has 440 valence electrons. The fraction of sp³-hybridized carbons (Fsp3) is 0.824. The Morgan fingerprint density at radius 2 is 0.675 bits per heavy atom. The van der Waals surface area contributed by atoms with Crippen molar-refractivity contribution in [1.82, 2.24) is 0 Å². The van der Waals surface area contributed by atoms with E-state index >= 15 is 0 Å². The molecule has 4 aliphatic rings. The lowest BCUT2D eigenvalue weighted by Gasteiger charge is -2.41. The zero-order valence-electron chi connectivity index (χ0n) is 53.4. The first-order valence-corrected chi connectivity index (χ1v) is 34.4. The van der Waals surface area contributed by atoms with Crippen molar-refractivity contribution >= 4 is 29.0 Å². The van der Waals surface area contributed by atoms with Gasteiger partial charge in [0.1, 0.15) is 11.5 Å². The summed E-state index contributed by atoms with van der Waals surface area (Å²) in [5.74, 6) is 7.93. The van der Waals surface area contributed by atoms with Crippen LogP contribution in [-0.2, 0) is 28.9 Å². The van der Waals surface area contributed by atoms with Gasteiger partial charge in [-0.3, -0.25) is 18.1 Å². The summed E-state index contributed by atoms with van der Waals surface area (Å²) in [6.07, 6.45) is 16.2. The van der Waals surface area contributed by atoms with Crippen molar-refractivity contribution in [2.45, 2.75) is 287 Å². The lowest BCUT2D eigenvalue weighted by atomic mass is 9.72. The van der Waals surface area contributed by atoms with Crippen molar-refractivity contribution in [2.24, 2.45) is 81.8 Å². The Labute approximate surface area is 481 Å². The zero-order chi connectivity index (χ0) is 56.9. The maximum absolute atomic E-state index is 7.51. The molecule has 6 rings (SSSR count). The Bertz CT molecular complexity index is 1910. The molecule has 0 saturated heterocycles. The average Bonchev–Trinajstić information content (AvgIpc) is 3.28. The lowest BCUT2D eigenvalue weighted by Crippen LogP contribution is -2.36. The van der Waals surface area contributed by atoms with Crippen LogP contribution in [0.25, 0.3) is 0 Å². The predicted molar refractivity (Wildman–Crippen MR) is 331 cm³/mol. The largest absolute Gasteiger partial charge is 0.426 e. The fourth-order valence-electron chi connectivity index (χ4n) is 14.8. The third-order valence-corrected chi connectivity index (χ3v) is 22.2. The van der Waals surface area contributed by atoms with E-state index in [2.05, 4.69) is 189 Å². The third kappa shape index (κ3) is 19.1. The SMILES string of the molecule is CC(C)C1CC[C@@H](C)C[C@H]1OP(Oc1ccc(C(C)(C)CC(C)(C)C)cc1Sc1cc(C(C)(C)CC(C)(C)C)ccc1OP(O[C@@H]1C[C@H](C)CCC1C(C)C)O[C@@H]1C[C@H](C)CC[C@H]1C(C)C)O[C@@H]1C[C@H](C)CC[C@H]1C(C)C. The standard InChI is InChI=1S/C68H116O6P2S/c1-43(2)53-29-23-47(9)35-59(53)71-75(72-60-36-48(10)24-30-54(60)44(3)4)69-57-33-27-51(67(19,20)41-65(13,14)15)39-63(57)77-64-40-52(68(21,22)42-66(16,17)18)28-34-58(64)70-76(73-61-37-49(11)25-31-55(61)45(5)6)74-62-38-50(12)26-32-56(62)46(7)8/h27-28,33-34,39-40,43-50,53-56,59-62H,23-26,29-32,35-38,41-42H2,1-22H3/t47-,48-,49-,50-,53+,54?,55+,56?,59-,60-,61-,62-,75?,76?/m1/s1. The highest BCUT2D eigenvalue weighted by molar-refractivity contribution is 7.99. The van der Waals surface area contributed by atoms with Gasteiger partial charge in [-0.25, -0.2) is 0 Å². The first kappa shape index (κ1) is 65.2. The quantitative estimate of drug-likeness (QED) is 0.109. The zero-order valence-corrected chi connectivity index (χ0v) is 56.0. The van der Waals surface area contributed by atoms with Crippen molar-refractivity contribution in [2.75, 3.05) is 0 Å². The van der Waals surface area contributed by atoms with Crippen LogP contribution in [0.5, 0.6) is 11.5 Å². The third-order valence-electron chi connectivity index (χ3n) is 18.7. The number of hydrogen-bond donors (Lipinski definition) is 0. The van der Waals surface area contributed by atoms with E-state index in [4.69, 9.17) is 27.1 Å². The summed E-state index contributed by atoms with van der Waals surface area (Å²) < 4.78 is 44.7. The second kappa shape index (κ2) is 27.7. The van der Waals surface area contributed by atoms with E-state index in [1.54, 1.807) is 11.8 Å². The first-order chi connectivity index (χ1) is 35.8. The molecule has 4 unspecified atom stereocenters. The molecule has 0 aliphatic heterocycles. The Morgan fingerprint density at radius 3 is 0.909 bits per heavy atom. The maximum atomic E-state index is 7.51. The van der Waals surface area contributed by atoms with E-state index in [0.717, 1.165) is 59.8 Å². The van der Waals surface area contributed by atoms with Crippen LogP contribution >= 0.6 is 29.0 Å². The molecule has 2 aromatic rings. The van der Waals surface area contributed by atoms with Gasteiger partial charge < -0.3 is 9.05 Å². The van der Waals surface area contributed by atoms with E-state index in [1.807, 2.05) is 0 Å². The van der Waals surface area contributed by atoms with E-state index in [9.17, 15) is 0 Å². The highest BCUT2D eigenvalue weighted by atomic mass is 32.2. The molecule has 4 saturated carbocycles. The van der Waals surface area contributed by atoms with Crippen molar-refractivity contribution in [3.05, 3.63) is 47.5 Å². The van der Waals surface area contributed by atoms with Crippen molar-refractivity contribution in [3.63, 3.8) is 0 Å². The van der Waals surface area contributed by atoms with Crippen LogP contribution in [0.4, 0.5) is 0 Å². The van der Waals surface area contributed by atoms with Crippen LogP contribution in [0.15, 0.2) is 46.2 Å². The molecule has 0 heterocycles. The van der Waals surface area contributed by atoms with Crippen LogP contribution < -0.4 is 9.05 Å². The molecule has 6 nitrogen and oxygen atoms in total. The van der Waals surface area contributed by atoms with E-state index in [-0.39, 0.29) is 46.1 Å². The molecular weight excluding hydrogens is 1010 g/mol. The second-order valence-electron chi connectivity index (χ2n) is 31.2. The molecule has 4 fully saturated rings. The van der Waals surface area contributed by atoms with Crippen LogP contribution in [0.2, 0.25) is 0 Å². The fourth-order valence-corrected chi connectivity index (χ4v) is 18.7. The maximum Gasteiger partial charge on any atom is 0.397 e. The van der Waals surface area contributed by atoms with Gasteiger partial charge in [-0.05, 0) is 192 Å². The molecule has 14 atom stereocenters. The molecular formula is C68H116O6P2S. The molecule has 9 heteroatoms. The van der Waals surface area contributed by atoms with Crippen LogP contribution in [0.3, 0.4) is 0 Å². The molecule has 0 N–H and O–H groups in total. The second-order valence-corrected chi connectivity index (χ2v) is 34.4. The number of hydrogen-bond acceptors (Lipinski definition) is 7. The van der Waals surface area contributed by atoms with Crippen LogP contribution in [0.1, 0.15) is 253 Å². The minimum atomic E-state index is -1.77. The summed E-state index contributed by atoms with van der Waals surface area (Å²) in [6.45, 7) is 52.4. The topological polar surface area (TPSA) is 55.4 Å². The summed E-state index contributed by atoms with van der Waals surface area (Å²) in [4.78, 5) is 2.12. The average molecular weight is 1120 g/mol. The van der Waals surface area contributed by atoms with Crippen molar-refractivity contribution < 1.29 is 27.1 Å². The molecule has 0 radical (unpaired) electrons. The first-order valence-electron chi connectivity index (χ1n) is 31.4. The van der Waals surface area contributed by atoms with Gasteiger partial charge in [0, 0.05) is 0 Å². The predicted octanol–water partition coefficient (Wildman–Crippen LogP) is 22.4. The van der Waals surface area contributed by atoms with Gasteiger partial charge in [0.15, 0.2) is 0 Å². The van der Waals surface area contributed by atoms with E-state index < -0.39 is 17.2 Å². The lowest BCUT2D eigenvalue weighted by molar-refractivity contribution is -0.00331. The summed E-state index contributed by atoms with van der Waals surface area (Å²) in [5.41, 5.74) is 2.67. The Hall–Kier alpha value is -0.910. The summed E-state index contributed by atoms with van der Waals surface area (Å²) >= 11 is 1.78. The van der Waals surface area contributed by atoms with E-state index in [1.165, 1.54) is 62.5 Å². The Morgan fingerprint density at radius 1 is 0.416 bits per heavy atom. The minimum Gasteiger partial charge on any atom is -0.426 e. The molecule has 0 amide bonds. The highest BCUT2D eigenvalue weighted by Gasteiger charge is 2.42. The van der Waals surface area contributed by atoms with Gasteiger partial charge in [-0.15, -0.1) is 0 Å². The number of rotatable bonds is 22. The molecule has 0 spiro atoms.